The zero-order chi connectivity index (χ0) is 26.3. The van der Waals surface area contributed by atoms with Crippen molar-refractivity contribution in [1.29, 1.82) is 0 Å². The number of hydrogen-bond donors (Lipinski definition) is 4. The van der Waals surface area contributed by atoms with E-state index < -0.39 is 11.6 Å². The molecule has 2 aromatic rings. The maximum absolute atomic E-state index is 13.0. The number of amides is 2. The van der Waals surface area contributed by atoms with Gasteiger partial charge in [-0.05, 0) is 75.8 Å². The molecule has 1 aliphatic carbocycles. The van der Waals surface area contributed by atoms with Crippen LogP contribution in [-0.4, -0.2) is 40.4 Å². The van der Waals surface area contributed by atoms with Crippen molar-refractivity contribution in [2.45, 2.75) is 90.2 Å². The Kier molecular flexibility index (Phi) is 9.37. The molecule has 0 aromatic heterocycles. The number of aliphatic carboxylic acids is 1. The molecule has 0 radical (unpaired) electrons. The second kappa shape index (κ2) is 12.3. The summed E-state index contributed by atoms with van der Waals surface area (Å²) in [7, 11) is 0. The molecule has 0 spiro atoms. The molecule has 4 N–H and O–H groups in total. The smallest absolute Gasteiger partial charge is 0.323 e. The van der Waals surface area contributed by atoms with E-state index in [1.807, 2.05) is 56.3 Å². The normalized spacial score (nSPS) is 15.2. The third-order valence-electron chi connectivity index (χ3n) is 6.85. The van der Waals surface area contributed by atoms with Gasteiger partial charge >= 0.3 is 12.0 Å². The number of carbonyl (C=O) groups excluding carboxylic acids is 1. The summed E-state index contributed by atoms with van der Waals surface area (Å²) in [4.78, 5) is 26.7. The van der Waals surface area contributed by atoms with Gasteiger partial charge in [-0.25, -0.2) is 4.79 Å². The average Bonchev–Trinajstić information content (AvgIpc) is 2.82. The van der Waals surface area contributed by atoms with Gasteiger partial charge in [-0.2, -0.15) is 0 Å². The molecule has 2 aromatic carbocycles. The van der Waals surface area contributed by atoms with Crippen molar-refractivity contribution >= 4 is 29.1 Å². The first-order valence-corrected chi connectivity index (χ1v) is 13.0. The van der Waals surface area contributed by atoms with Crippen LogP contribution in [-0.2, 0) is 4.79 Å². The highest BCUT2D eigenvalue weighted by molar-refractivity contribution is 6.02. The van der Waals surface area contributed by atoms with Gasteiger partial charge in [0.1, 0.15) is 0 Å². The Morgan fingerprint density at radius 1 is 1.06 bits per heavy atom. The van der Waals surface area contributed by atoms with E-state index in [0.717, 1.165) is 42.5 Å². The number of rotatable bonds is 10. The largest absolute Gasteiger partial charge is 0.481 e. The number of carboxylic acid groups (broad SMARTS) is 1. The minimum Gasteiger partial charge on any atom is -0.481 e. The lowest BCUT2D eigenvalue weighted by atomic mass is 9.90. The Morgan fingerprint density at radius 2 is 1.72 bits per heavy atom. The number of nitrogens with one attached hydrogen (secondary N) is 2. The fraction of sp³-hybridized carbons (Fsp3) is 0.517. The fourth-order valence-electron chi connectivity index (χ4n) is 5.01. The number of urea groups is 1. The van der Waals surface area contributed by atoms with Crippen molar-refractivity contribution in [3.63, 3.8) is 0 Å². The summed E-state index contributed by atoms with van der Waals surface area (Å²) < 4.78 is 0. The minimum atomic E-state index is -0.924. The Bertz CT molecular complexity index is 1020. The highest BCUT2D eigenvalue weighted by Crippen LogP contribution is 2.37. The van der Waals surface area contributed by atoms with E-state index >= 15 is 0 Å². The zero-order valence-electron chi connectivity index (χ0n) is 22.0. The molecule has 1 saturated carbocycles. The van der Waals surface area contributed by atoms with Gasteiger partial charge in [-0.3, -0.25) is 4.79 Å². The van der Waals surface area contributed by atoms with Gasteiger partial charge in [0.2, 0.25) is 0 Å². The van der Waals surface area contributed by atoms with E-state index in [4.69, 9.17) is 0 Å². The van der Waals surface area contributed by atoms with Crippen LogP contribution >= 0.6 is 0 Å². The van der Waals surface area contributed by atoms with E-state index in [9.17, 15) is 19.8 Å². The highest BCUT2D eigenvalue weighted by atomic mass is 16.4. The molecule has 1 unspecified atom stereocenters. The highest BCUT2D eigenvalue weighted by Gasteiger charge is 2.29. The monoisotopic (exact) mass is 495 g/mol. The second-order valence-corrected chi connectivity index (χ2v) is 10.7. The molecule has 1 aliphatic rings. The molecule has 0 aliphatic heterocycles. The Balaban J connectivity index is 1.99. The fourth-order valence-corrected chi connectivity index (χ4v) is 5.01. The number of anilines is 3. The molecule has 3 rings (SSSR count). The maximum atomic E-state index is 13.0. The van der Waals surface area contributed by atoms with Gasteiger partial charge in [0.05, 0.1) is 23.4 Å². The van der Waals surface area contributed by atoms with E-state index in [1.165, 1.54) is 6.42 Å². The first kappa shape index (κ1) is 27.5. The first-order chi connectivity index (χ1) is 17.1. The molecule has 2 amide bonds. The van der Waals surface area contributed by atoms with E-state index in [0.29, 0.717) is 24.3 Å². The summed E-state index contributed by atoms with van der Waals surface area (Å²) in [6, 6.07) is 13.3. The zero-order valence-corrected chi connectivity index (χ0v) is 22.0. The number of aliphatic hydroxyl groups is 1. The van der Waals surface area contributed by atoms with Gasteiger partial charge < -0.3 is 25.7 Å². The predicted octanol–water partition coefficient (Wildman–Crippen LogP) is 6.52. The third kappa shape index (κ3) is 7.98. The molecule has 7 nitrogen and oxygen atoms in total. The van der Waals surface area contributed by atoms with Crippen molar-refractivity contribution in [2.75, 3.05) is 22.1 Å². The standard InChI is InChI=1S/C29H41N3O4/c1-5-21(18-27(33)34)22-13-16-26(32(19-29(3,4)36)24-9-7-6-8-10-24)25(17-22)31-28(35)30-23-14-11-20(2)12-15-23/h11-17,21,24,36H,5-10,18-19H2,1-4H3,(H,33,34)(H2,30,31,35). The van der Waals surface area contributed by atoms with Crippen LogP contribution in [0, 0.1) is 6.92 Å². The third-order valence-corrected chi connectivity index (χ3v) is 6.85. The molecule has 0 saturated heterocycles. The minimum absolute atomic E-state index is 0.0286. The summed E-state index contributed by atoms with van der Waals surface area (Å²) >= 11 is 0. The topological polar surface area (TPSA) is 102 Å². The van der Waals surface area contributed by atoms with E-state index in [1.54, 1.807) is 13.8 Å². The van der Waals surface area contributed by atoms with Crippen molar-refractivity contribution in [1.82, 2.24) is 0 Å². The molecular weight excluding hydrogens is 454 g/mol. The predicted molar refractivity (Wildman–Crippen MR) is 146 cm³/mol. The van der Waals surface area contributed by atoms with Crippen LogP contribution in [0.15, 0.2) is 42.5 Å². The maximum Gasteiger partial charge on any atom is 0.323 e. The van der Waals surface area contributed by atoms with Crippen molar-refractivity contribution in [3.05, 3.63) is 53.6 Å². The average molecular weight is 496 g/mol. The Labute approximate surface area is 214 Å². The Hall–Kier alpha value is -3.06. The lowest BCUT2D eigenvalue weighted by molar-refractivity contribution is -0.137. The summed E-state index contributed by atoms with van der Waals surface area (Å²) in [6.45, 7) is 7.99. The van der Waals surface area contributed by atoms with Gasteiger partial charge in [0.25, 0.3) is 0 Å². The summed E-state index contributed by atoms with van der Waals surface area (Å²) in [5.74, 6) is -1.00. The number of carbonyl (C=O) groups is 2. The van der Waals surface area contributed by atoms with Crippen LogP contribution in [0.1, 0.15) is 82.8 Å². The van der Waals surface area contributed by atoms with Crippen molar-refractivity contribution in [2.24, 2.45) is 0 Å². The van der Waals surface area contributed by atoms with Gasteiger partial charge in [-0.1, -0.05) is 49.9 Å². The van der Waals surface area contributed by atoms with Crippen LogP contribution in [0.2, 0.25) is 0 Å². The summed E-state index contributed by atoms with van der Waals surface area (Å²) in [5.41, 5.74) is 3.21. The second-order valence-electron chi connectivity index (χ2n) is 10.7. The summed E-state index contributed by atoms with van der Waals surface area (Å²) in [5, 5.41) is 26.1. The van der Waals surface area contributed by atoms with Gasteiger partial charge in [0.15, 0.2) is 0 Å². The molecule has 0 heterocycles. The molecule has 196 valence electrons. The van der Waals surface area contributed by atoms with Gasteiger partial charge in [0, 0.05) is 18.3 Å². The van der Waals surface area contributed by atoms with Crippen LogP contribution in [0.3, 0.4) is 0 Å². The van der Waals surface area contributed by atoms with E-state index in [2.05, 4.69) is 15.5 Å². The van der Waals surface area contributed by atoms with Crippen LogP contribution < -0.4 is 15.5 Å². The molecule has 1 atom stereocenters. The molecule has 0 bridgehead atoms. The first-order valence-electron chi connectivity index (χ1n) is 13.0. The molecule has 7 heteroatoms. The molecular formula is C29H41N3O4. The SMILES string of the molecule is CCC(CC(=O)O)c1ccc(N(CC(C)(C)O)C2CCCCC2)c(NC(=O)Nc2ccc(C)cc2)c1. The Morgan fingerprint density at radius 3 is 2.31 bits per heavy atom. The van der Waals surface area contributed by atoms with Crippen molar-refractivity contribution < 1.29 is 19.8 Å². The number of nitrogens with zero attached hydrogens (tertiary/aromatic N) is 1. The number of benzene rings is 2. The van der Waals surface area contributed by atoms with Crippen molar-refractivity contribution in [3.8, 4) is 0 Å². The van der Waals surface area contributed by atoms with E-state index in [-0.39, 0.29) is 24.4 Å². The van der Waals surface area contributed by atoms with Gasteiger partial charge in [-0.15, -0.1) is 0 Å². The number of carboxylic acids is 1. The number of aryl methyl sites for hydroxylation is 1. The number of hydrogen-bond acceptors (Lipinski definition) is 4. The lowest BCUT2D eigenvalue weighted by Crippen LogP contribution is -2.46. The lowest BCUT2D eigenvalue weighted by Gasteiger charge is -2.40. The summed E-state index contributed by atoms with van der Waals surface area (Å²) in [6.07, 6.45) is 6.25. The molecule has 36 heavy (non-hydrogen) atoms. The van der Waals surface area contributed by atoms with Crippen LogP contribution in [0.5, 0.6) is 0 Å². The van der Waals surface area contributed by atoms with Crippen LogP contribution in [0.4, 0.5) is 21.9 Å². The quantitative estimate of drug-likeness (QED) is 0.301. The molecule has 1 fully saturated rings. The van der Waals surface area contributed by atoms with Crippen LogP contribution in [0.25, 0.3) is 0 Å².